The largest absolute Gasteiger partial charge is 0.487 e. The number of carbonyl (C=O) groups excluding carboxylic acids is 1. The SMILES string of the molecule is CCOCCOCCOCCOc1cc(C(=O)NC23CC4CC(CC(C4)C2)C3)cc(OCCOCCOCCOCC)c1OCCOCCOCCOCC. The molecule has 0 radical (unpaired) electrons. The van der Waals surface area contributed by atoms with Gasteiger partial charge in [-0.25, -0.2) is 0 Å². The predicted octanol–water partition coefficient (Wildman–Crippen LogP) is 4.73. The molecule has 0 spiro atoms. The van der Waals surface area contributed by atoms with Gasteiger partial charge in [0.05, 0.1) is 99.1 Å². The highest BCUT2D eigenvalue weighted by atomic mass is 16.6. The van der Waals surface area contributed by atoms with Crippen molar-refractivity contribution in [1.29, 1.82) is 0 Å². The molecule has 55 heavy (non-hydrogen) atoms. The standard InChI is InChI=1S/C41H69NO13/c1-4-44-7-10-47-13-16-50-19-22-53-37-28-36(40(43)42-41-30-33-25-34(31-41)27-35(26-33)32-41)29-38(54-23-20-51-17-14-48-11-8-45-5-2)39(37)55-24-21-52-18-15-49-12-9-46-6-3/h28-29,33-35H,4-27,30-32H2,1-3H3,(H,42,43). The van der Waals surface area contributed by atoms with Gasteiger partial charge in [-0.1, -0.05) is 0 Å². The van der Waals surface area contributed by atoms with Crippen LogP contribution in [0, 0.1) is 17.8 Å². The van der Waals surface area contributed by atoms with Crippen molar-refractivity contribution >= 4 is 5.91 Å². The molecule has 316 valence electrons. The maximum absolute atomic E-state index is 14.1. The van der Waals surface area contributed by atoms with Gasteiger partial charge < -0.3 is 62.2 Å². The average Bonchev–Trinajstić information content (AvgIpc) is 3.16. The van der Waals surface area contributed by atoms with Crippen molar-refractivity contribution in [3.8, 4) is 17.2 Å². The monoisotopic (exact) mass is 783 g/mol. The highest BCUT2D eigenvalue weighted by Crippen LogP contribution is 2.55. The number of amides is 1. The molecule has 5 rings (SSSR count). The zero-order chi connectivity index (χ0) is 38.8. The molecule has 1 N–H and O–H groups in total. The first-order chi connectivity index (χ1) is 27.1. The topological polar surface area (TPSA) is 140 Å². The number of rotatable bonds is 35. The van der Waals surface area contributed by atoms with Crippen LogP contribution in [0.1, 0.15) is 69.7 Å². The minimum Gasteiger partial charge on any atom is -0.487 e. The minimum atomic E-state index is -0.149. The van der Waals surface area contributed by atoms with Gasteiger partial charge in [-0.15, -0.1) is 0 Å². The quantitative estimate of drug-likeness (QED) is 0.0951. The maximum atomic E-state index is 14.1. The third-order valence-electron chi connectivity index (χ3n) is 9.99. The molecule has 0 atom stereocenters. The molecule has 4 fully saturated rings. The normalized spacial score (nSPS) is 21.3. The summed E-state index contributed by atoms with van der Waals surface area (Å²) >= 11 is 0. The fourth-order valence-electron chi connectivity index (χ4n) is 8.02. The van der Waals surface area contributed by atoms with Crippen molar-refractivity contribution in [3.05, 3.63) is 17.7 Å². The van der Waals surface area contributed by atoms with Crippen molar-refractivity contribution in [2.24, 2.45) is 17.8 Å². The van der Waals surface area contributed by atoms with E-state index in [1.807, 2.05) is 20.8 Å². The summed E-state index contributed by atoms with van der Waals surface area (Å²) < 4.78 is 68.6. The molecule has 1 amide bonds. The molecule has 0 heterocycles. The van der Waals surface area contributed by atoms with Gasteiger partial charge in [-0.05, 0) is 89.2 Å². The van der Waals surface area contributed by atoms with Gasteiger partial charge in [0.2, 0.25) is 5.75 Å². The van der Waals surface area contributed by atoms with Gasteiger partial charge in [-0.2, -0.15) is 0 Å². The van der Waals surface area contributed by atoms with E-state index in [1.54, 1.807) is 12.1 Å². The Morgan fingerprint density at radius 3 is 1.15 bits per heavy atom. The summed E-state index contributed by atoms with van der Waals surface area (Å²) in [6.07, 6.45) is 7.04. The Bertz CT molecular complexity index is 1090. The Morgan fingerprint density at radius 1 is 0.491 bits per heavy atom. The van der Waals surface area contributed by atoms with E-state index in [9.17, 15) is 4.79 Å². The number of carbonyl (C=O) groups is 1. The molecule has 0 saturated heterocycles. The predicted molar refractivity (Wildman–Crippen MR) is 206 cm³/mol. The van der Waals surface area contributed by atoms with Crippen LogP contribution < -0.4 is 19.5 Å². The first-order valence-corrected chi connectivity index (χ1v) is 20.6. The zero-order valence-electron chi connectivity index (χ0n) is 33.8. The summed E-state index contributed by atoms with van der Waals surface area (Å²) in [7, 11) is 0. The van der Waals surface area contributed by atoms with Crippen molar-refractivity contribution in [3.63, 3.8) is 0 Å². The molecule has 1 aromatic rings. The van der Waals surface area contributed by atoms with Crippen LogP contribution in [0.5, 0.6) is 17.2 Å². The summed E-state index contributed by atoms with van der Waals surface area (Å²) in [5.74, 6) is 3.16. The molecule has 4 saturated carbocycles. The van der Waals surface area contributed by atoms with Crippen LogP contribution >= 0.6 is 0 Å². The molecule has 4 bridgehead atoms. The first-order valence-electron chi connectivity index (χ1n) is 20.6. The molecule has 4 aliphatic carbocycles. The summed E-state index contributed by atoms with van der Waals surface area (Å²) in [4.78, 5) is 14.1. The van der Waals surface area contributed by atoms with E-state index in [-0.39, 0.29) is 31.3 Å². The van der Waals surface area contributed by atoms with E-state index >= 15 is 0 Å². The van der Waals surface area contributed by atoms with Crippen molar-refractivity contribution < 1.29 is 61.6 Å². The van der Waals surface area contributed by atoms with Crippen molar-refractivity contribution in [1.82, 2.24) is 5.32 Å². The van der Waals surface area contributed by atoms with E-state index < -0.39 is 0 Å². The highest BCUT2D eigenvalue weighted by molar-refractivity contribution is 5.96. The maximum Gasteiger partial charge on any atom is 0.251 e. The van der Waals surface area contributed by atoms with E-state index in [0.717, 1.165) is 19.3 Å². The van der Waals surface area contributed by atoms with Crippen molar-refractivity contribution in [2.45, 2.75) is 64.8 Å². The number of hydrogen-bond acceptors (Lipinski definition) is 13. The smallest absolute Gasteiger partial charge is 0.251 e. The number of nitrogens with one attached hydrogen (secondary N) is 1. The van der Waals surface area contributed by atoms with Gasteiger partial charge in [-0.3, -0.25) is 4.79 Å². The van der Waals surface area contributed by atoms with E-state index in [1.165, 1.54) is 19.3 Å². The Balaban J connectivity index is 1.39. The lowest BCUT2D eigenvalue weighted by Gasteiger charge is -2.56. The lowest BCUT2D eigenvalue weighted by atomic mass is 9.53. The van der Waals surface area contributed by atoms with Crippen LogP contribution in [0.25, 0.3) is 0 Å². The molecule has 14 heteroatoms. The van der Waals surface area contributed by atoms with E-state index in [2.05, 4.69) is 5.32 Å². The average molecular weight is 784 g/mol. The Morgan fingerprint density at radius 2 is 0.800 bits per heavy atom. The van der Waals surface area contributed by atoms with Crippen molar-refractivity contribution in [2.75, 3.05) is 139 Å². The highest BCUT2D eigenvalue weighted by Gasteiger charge is 2.51. The fraction of sp³-hybridized carbons (Fsp3) is 0.829. The van der Waals surface area contributed by atoms with Gasteiger partial charge in [0.25, 0.3) is 5.91 Å². The number of hydrogen-bond donors (Lipinski definition) is 1. The molecule has 1 aromatic carbocycles. The van der Waals surface area contributed by atoms with Crippen LogP contribution in [-0.4, -0.2) is 150 Å². The molecular weight excluding hydrogens is 714 g/mol. The van der Waals surface area contributed by atoms with E-state index in [4.69, 9.17) is 56.8 Å². The third-order valence-corrected chi connectivity index (χ3v) is 9.99. The van der Waals surface area contributed by atoms with Crippen LogP contribution in [0.15, 0.2) is 12.1 Å². The number of ether oxygens (including phenoxy) is 12. The molecular formula is C41H69NO13. The second-order valence-corrected chi connectivity index (χ2v) is 14.3. The first kappa shape index (κ1) is 45.4. The third kappa shape index (κ3) is 17.4. The Labute approximate surface area is 328 Å². The lowest BCUT2D eigenvalue weighted by molar-refractivity contribution is -0.0167. The summed E-state index contributed by atoms with van der Waals surface area (Å²) in [6.45, 7) is 15.4. The lowest BCUT2D eigenvalue weighted by Crippen LogP contribution is -2.59. The van der Waals surface area contributed by atoms with Gasteiger partial charge in [0, 0.05) is 30.9 Å². The fourth-order valence-corrected chi connectivity index (χ4v) is 8.02. The van der Waals surface area contributed by atoms with Crippen LogP contribution in [0.3, 0.4) is 0 Å². The second-order valence-electron chi connectivity index (χ2n) is 14.3. The minimum absolute atomic E-state index is 0.128. The van der Waals surface area contributed by atoms with Crippen LogP contribution in [0.2, 0.25) is 0 Å². The van der Waals surface area contributed by atoms with E-state index in [0.29, 0.717) is 159 Å². The number of benzene rings is 1. The molecule has 14 nitrogen and oxygen atoms in total. The molecule has 0 aliphatic heterocycles. The zero-order valence-corrected chi connectivity index (χ0v) is 33.8. The van der Waals surface area contributed by atoms with Gasteiger partial charge in [0.1, 0.15) is 19.8 Å². The van der Waals surface area contributed by atoms with Gasteiger partial charge >= 0.3 is 0 Å². The summed E-state index contributed by atoms with van der Waals surface area (Å²) in [5, 5.41) is 3.49. The molecule has 0 aromatic heterocycles. The summed E-state index contributed by atoms with van der Waals surface area (Å²) in [5.41, 5.74) is 0.311. The summed E-state index contributed by atoms with van der Waals surface area (Å²) in [6, 6.07) is 3.50. The molecule has 0 unspecified atom stereocenters. The Hall–Kier alpha value is -2.27. The second kappa shape index (κ2) is 27.4. The van der Waals surface area contributed by atoms with Gasteiger partial charge in [0.15, 0.2) is 11.5 Å². The Kier molecular flexibility index (Phi) is 22.6. The van der Waals surface area contributed by atoms with Crippen LogP contribution in [0.4, 0.5) is 0 Å². The molecule has 4 aliphatic rings. The van der Waals surface area contributed by atoms with Crippen LogP contribution in [-0.2, 0) is 42.6 Å².